The van der Waals surface area contributed by atoms with Crippen molar-refractivity contribution in [3.05, 3.63) is 97.2 Å². The van der Waals surface area contributed by atoms with Gasteiger partial charge in [-0.05, 0) is 64.2 Å². The van der Waals surface area contributed by atoms with E-state index < -0.39 is 18.2 Å². The number of esters is 1. The minimum atomic E-state index is -0.811. The first-order valence-electron chi connectivity index (χ1n) is 24.1. The standard InChI is InChI=1S/C53H89NO5/c1-4-7-10-13-16-19-21-23-25-26-27-29-31-34-37-40-43-46-53(58)59-49(44-41-38-35-33-30-28-24-22-20-17-14-11-8-5-2)47-52(57)54-50(48-55)51(56)45-42-39-36-32-18-15-12-9-6-3/h7,10,13,16,19,21,23,25-31,33,35,49-51,55-56H,4-6,8-9,11-12,14-15,17-18,20,22,24,32,34,36-48H2,1-3H3,(H,54,57)/b10-7-,16-13+,21-19+,25-23-,27-26+,30-28+,31-29+,35-33+. The Hall–Kier alpha value is -3.22. The van der Waals surface area contributed by atoms with Crippen LogP contribution in [-0.2, 0) is 14.3 Å². The van der Waals surface area contributed by atoms with E-state index in [-0.39, 0.29) is 24.9 Å². The van der Waals surface area contributed by atoms with Gasteiger partial charge in [-0.3, -0.25) is 9.59 Å². The molecule has 0 aliphatic rings. The summed E-state index contributed by atoms with van der Waals surface area (Å²) in [5.74, 6) is -0.583. The van der Waals surface area contributed by atoms with Gasteiger partial charge < -0.3 is 20.3 Å². The van der Waals surface area contributed by atoms with E-state index >= 15 is 0 Å². The number of allylic oxidation sites excluding steroid dienone is 16. The number of carbonyl (C=O) groups excluding carboxylic acids is 2. The Morgan fingerprint density at radius 3 is 1.44 bits per heavy atom. The molecule has 6 heteroatoms. The molecule has 3 unspecified atom stereocenters. The van der Waals surface area contributed by atoms with Crippen molar-refractivity contribution in [2.75, 3.05) is 6.61 Å². The molecule has 0 heterocycles. The monoisotopic (exact) mass is 820 g/mol. The van der Waals surface area contributed by atoms with Gasteiger partial charge in [0.15, 0.2) is 0 Å². The minimum Gasteiger partial charge on any atom is -0.462 e. The van der Waals surface area contributed by atoms with E-state index in [0.29, 0.717) is 19.3 Å². The molecule has 0 fully saturated rings. The van der Waals surface area contributed by atoms with Crippen LogP contribution in [0.3, 0.4) is 0 Å². The molecule has 0 aliphatic carbocycles. The highest BCUT2D eigenvalue weighted by molar-refractivity contribution is 5.77. The fraction of sp³-hybridized carbons (Fsp3) is 0.660. The molecule has 3 N–H and O–H groups in total. The number of aliphatic hydroxyl groups is 2. The molecule has 59 heavy (non-hydrogen) atoms. The van der Waals surface area contributed by atoms with Gasteiger partial charge in [-0.25, -0.2) is 0 Å². The van der Waals surface area contributed by atoms with E-state index in [4.69, 9.17) is 4.74 Å². The van der Waals surface area contributed by atoms with Crippen LogP contribution in [0, 0.1) is 0 Å². The number of aliphatic hydroxyl groups excluding tert-OH is 2. The number of amides is 1. The third kappa shape index (κ3) is 41.3. The Morgan fingerprint density at radius 2 is 0.932 bits per heavy atom. The summed E-state index contributed by atoms with van der Waals surface area (Å²) >= 11 is 0. The molecule has 0 radical (unpaired) electrons. The Kier molecular flexibility index (Phi) is 43.4. The first-order valence-corrected chi connectivity index (χ1v) is 24.1. The van der Waals surface area contributed by atoms with Gasteiger partial charge in [-0.2, -0.15) is 0 Å². The molecule has 0 bridgehead atoms. The number of hydrogen-bond donors (Lipinski definition) is 3. The van der Waals surface area contributed by atoms with Crippen LogP contribution >= 0.6 is 0 Å². The smallest absolute Gasteiger partial charge is 0.306 e. The van der Waals surface area contributed by atoms with E-state index in [2.05, 4.69) is 62.5 Å². The van der Waals surface area contributed by atoms with Crippen molar-refractivity contribution in [2.24, 2.45) is 0 Å². The van der Waals surface area contributed by atoms with E-state index in [0.717, 1.165) is 70.6 Å². The molecule has 0 saturated heterocycles. The molecule has 336 valence electrons. The third-order valence-corrected chi connectivity index (χ3v) is 10.3. The van der Waals surface area contributed by atoms with Crippen LogP contribution < -0.4 is 5.32 Å². The Balaban J connectivity index is 4.79. The van der Waals surface area contributed by atoms with Crippen molar-refractivity contribution in [3.8, 4) is 0 Å². The molecule has 0 rings (SSSR count). The van der Waals surface area contributed by atoms with Crippen LogP contribution in [0.25, 0.3) is 0 Å². The third-order valence-electron chi connectivity index (χ3n) is 10.3. The first-order chi connectivity index (χ1) is 29.0. The zero-order valence-electron chi connectivity index (χ0n) is 38.1. The summed E-state index contributed by atoms with van der Waals surface area (Å²) in [6.07, 6.45) is 60.4. The van der Waals surface area contributed by atoms with Crippen LogP contribution in [0.15, 0.2) is 97.2 Å². The van der Waals surface area contributed by atoms with Crippen molar-refractivity contribution in [1.82, 2.24) is 5.32 Å². The highest BCUT2D eigenvalue weighted by atomic mass is 16.5. The van der Waals surface area contributed by atoms with Crippen molar-refractivity contribution in [1.29, 1.82) is 0 Å². The van der Waals surface area contributed by atoms with Gasteiger partial charge in [0.1, 0.15) is 6.10 Å². The average molecular weight is 820 g/mol. The fourth-order valence-electron chi connectivity index (χ4n) is 6.69. The summed E-state index contributed by atoms with van der Waals surface area (Å²) in [6, 6.07) is -0.729. The topological polar surface area (TPSA) is 95.9 Å². The van der Waals surface area contributed by atoms with Crippen LogP contribution in [0.1, 0.15) is 201 Å². The number of ether oxygens (including phenoxy) is 1. The molecule has 0 aliphatic heterocycles. The summed E-state index contributed by atoms with van der Waals surface area (Å²) in [5.41, 5.74) is 0. The lowest BCUT2D eigenvalue weighted by Gasteiger charge is -2.24. The van der Waals surface area contributed by atoms with Crippen LogP contribution in [0.4, 0.5) is 0 Å². The summed E-state index contributed by atoms with van der Waals surface area (Å²) in [7, 11) is 0. The number of hydrogen-bond acceptors (Lipinski definition) is 5. The SMILES string of the molecule is CC\C=C/C=C/C=C/C=C\C=C\C=C\CCCCCC(=O)OC(CCC/C=C/C=C/CCCCCCCCC)CC(=O)NC(CO)C(O)CCCCCCCCCCC. The molecular weight excluding hydrogens is 731 g/mol. The molecule has 0 spiro atoms. The maximum Gasteiger partial charge on any atom is 0.306 e. The normalized spacial score (nSPS) is 14.2. The number of rotatable bonds is 41. The average Bonchev–Trinajstić information content (AvgIpc) is 3.23. The van der Waals surface area contributed by atoms with Gasteiger partial charge in [0.2, 0.25) is 5.91 Å². The second-order valence-electron chi connectivity index (χ2n) is 16.0. The number of carbonyl (C=O) groups is 2. The highest BCUT2D eigenvalue weighted by Gasteiger charge is 2.24. The van der Waals surface area contributed by atoms with E-state index in [9.17, 15) is 19.8 Å². The predicted octanol–water partition coefficient (Wildman–Crippen LogP) is 14.2. The number of nitrogens with one attached hydrogen (secondary N) is 1. The molecule has 6 nitrogen and oxygen atoms in total. The Bertz CT molecular complexity index is 1190. The molecule has 0 aromatic carbocycles. The highest BCUT2D eigenvalue weighted by Crippen LogP contribution is 2.16. The molecular formula is C53H89NO5. The van der Waals surface area contributed by atoms with E-state index in [1.54, 1.807) is 0 Å². The lowest BCUT2D eigenvalue weighted by atomic mass is 10.0. The first kappa shape index (κ1) is 55.8. The largest absolute Gasteiger partial charge is 0.462 e. The van der Waals surface area contributed by atoms with Gasteiger partial charge in [0.25, 0.3) is 0 Å². The Morgan fingerprint density at radius 1 is 0.508 bits per heavy atom. The quantitative estimate of drug-likeness (QED) is 0.0324. The molecule has 0 aromatic heterocycles. The summed E-state index contributed by atoms with van der Waals surface area (Å²) in [4.78, 5) is 26.0. The van der Waals surface area contributed by atoms with Crippen LogP contribution in [0.2, 0.25) is 0 Å². The van der Waals surface area contributed by atoms with Crippen molar-refractivity contribution < 1.29 is 24.5 Å². The summed E-state index contributed by atoms with van der Waals surface area (Å²) in [5, 5.41) is 23.6. The fourth-order valence-corrected chi connectivity index (χ4v) is 6.69. The second-order valence-corrected chi connectivity index (χ2v) is 16.0. The van der Waals surface area contributed by atoms with Gasteiger partial charge in [-0.15, -0.1) is 0 Å². The summed E-state index contributed by atoms with van der Waals surface area (Å²) in [6.45, 7) is 6.27. The van der Waals surface area contributed by atoms with Crippen LogP contribution in [0.5, 0.6) is 0 Å². The molecule has 0 saturated carbocycles. The van der Waals surface area contributed by atoms with Crippen molar-refractivity contribution in [2.45, 2.75) is 219 Å². The zero-order valence-corrected chi connectivity index (χ0v) is 38.1. The van der Waals surface area contributed by atoms with E-state index in [1.165, 1.54) is 83.5 Å². The van der Waals surface area contributed by atoms with Crippen molar-refractivity contribution >= 4 is 11.9 Å². The summed E-state index contributed by atoms with van der Waals surface area (Å²) < 4.78 is 5.87. The van der Waals surface area contributed by atoms with E-state index in [1.807, 2.05) is 60.8 Å². The lowest BCUT2D eigenvalue weighted by Crippen LogP contribution is -2.46. The maximum absolute atomic E-state index is 13.1. The number of unbranched alkanes of at least 4 members (excludes halogenated alkanes) is 19. The molecule has 1 amide bonds. The Labute approximate surface area is 363 Å². The molecule has 0 aromatic rings. The van der Waals surface area contributed by atoms with Gasteiger partial charge in [0, 0.05) is 6.42 Å². The second kappa shape index (κ2) is 45.9. The van der Waals surface area contributed by atoms with Crippen molar-refractivity contribution in [3.63, 3.8) is 0 Å². The van der Waals surface area contributed by atoms with Crippen LogP contribution in [-0.4, -0.2) is 46.9 Å². The zero-order chi connectivity index (χ0) is 43.1. The molecule has 3 atom stereocenters. The van der Waals surface area contributed by atoms with Gasteiger partial charge in [-0.1, -0.05) is 221 Å². The maximum atomic E-state index is 13.1. The van der Waals surface area contributed by atoms with Gasteiger partial charge >= 0.3 is 5.97 Å². The minimum absolute atomic E-state index is 0.0204. The lowest BCUT2D eigenvalue weighted by molar-refractivity contribution is -0.151. The van der Waals surface area contributed by atoms with Gasteiger partial charge in [0.05, 0.1) is 25.2 Å². The predicted molar refractivity (Wildman–Crippen MR) is 254 cm³/mol.